The lowest BCUT2D eigenvalue weighted by atomic mass is 10.1. The first-order valence-electron chi connectivity index (χ1n) is 7.42. The molecule has 1 fully saturated rings. The lowest BCUT2D eigenvalue weighted by Gasteiger charge is -2.16. The molecular weight excluding hydrogens is 280 g/mol. The molecule has 2 heterocycles. The van der Waals surface area contributed by atoms with Crippen LogP contribution in [0.25, 0.3) is 5.69 Å². The van der Waals surface area contributed by atoms with Gasteiger partial charge in [-0.15, -0.1) is 0 Å². The number of hydrogen-bond acceptors (Lipinski definition) is 4. The number of nitrogens with one attached hydrogen (secondary N) is 1. The standard InChI is InChI=1S/C16H20N4O2/c1-22-16(21)19-10-7-14(12-19)17-11-13-5-2-3-6-15(13)20-9-4-8-18-20/h2-6,8-9,14,17H,7,10-12H2,1H3/t14-/m1/s1. The van der Waals surface area contributed by atoms with E-state index < -0.39 is 0 Å². The summed E-state index contributed by atoms with van der Waals surface area (Å²) in [7, 11) is 1.42. The van der Waals surface area contributed by atoms with E-state index in [4.69, 9.17) is 4.74 Å². The summed E-state index contributed by atoms with van der Waals surface area (Å²) in [4.78, 5) is 13.2. The Morgan fingerprint density at radius 3 is 3.05 bits per heavy atom. The van der Waals surface area contributed by atoms with Crippen LogP contribution in [0.2, 0.25) is 0 Å². The van der Waals surface area contributed by atoms with Gasteiger partial charge in [0.25, 0.3) is 0 Å². The molecule has 6 heteroatoms. The second-order valence-electron chi connectivity index (χ2n) is 5.36. The van der Waals surface area contributed by atoms with Gasteiger partial charge in [0.1, 0.15) is 0 Å². The molecule has 1 aromatic carbocycles. The number of benzene rings is 1. The summed E-state index contributed by atoms with van der Waals surface area (Å²) in [6.45, 7) is 2.18. The molecule has 1 saturated heterocycles. The van der Waals surface area contributed by atoms with Gasteiger partial charge in [0.2, 0.25) is 0 Å². The number of rotatable bonds is 4. The molecule has 1 aliphatic heterocycles. The Labute approximate surface area is 129 Å². The molecule has 1 N–H and O–H groups in total. The number of ether oxygens (including phenoxy) is 1. The number of carbonyl (C=O) groups excluding carboxylic acids is 1. The second-order valence-corrected chi connectivity index (χ2v) is 5.36. The molecule has 0 saturated carbocycles. The van der Waals surface area contributed by atoms with Gasteiger partial charge in [-0.1, -0.05) is 18.2 Å². The average Bonchev–Trinajstić information content (AvgIpc) is 3.24. The quantitative estimate of drug-likeness (QED) is 0.935. The lowest BCUT2D eigenvalue weighted by molar-refractivity contribution is 0.132. The number of nitrogens with zero attached hydrogens (tertiary/aromatic N) is 3. The minimum atomic E-state index is -0.249. The maximum atomic E-state index is 11.5. The van der Waals surface area contributed by atoms with Crippen molar-refractivity contribution in [3.63, 3.8) is 0 Å². The highest BCUT2D eigenvalue weighted by atomic mass is 16.5. The van der Waals surface area contributed by atoms with Crippen LogP contribution in [0, 0.1) is 0 Å². The Kier molecular flexibility index (Phi) is 4.39. The number of hydrogen-bond donors (Lipinski definition) is 1. The van der Waals surface area contributed by atoms with Gasteiger partial charge in [0.15, 0.2) is 0 Å². The van der Waals surface area contributed by atoms with Crippen LogP contribution >= 0.6 is 0 Å². The molecule has 3 rings (SSSR count). The molecule has 1 aliphatic rings. The van der Waals surface area contributed by atoms with Gasteiger partial charge in [-0.2, -0.15) is 5.10 Å². The minimum absolute atomic E-state index is 0.249. The van der Waals surface area contributed by atoms with E-state index in [1.54, 1.807) is 11.1 Å². The zero-order valence-electron chi connectivity index (χ0n) is 12.6. The van der Waals surface area contributed by atoms with Crippen molar-refractivity contribution < 1.29 is 9.53 Å². The van der Waals surface area contributed by atoms with Crippen molar-refractivity contribution in [1.29, 1.82) is 0 Å². The van der Waals surface area contributed by atoms with E-state index in [-0.39, 0.29) is 6.09 Å². The summed E-state index contributed by atoms with van der Waals surface area (Å²) >= 11 is 0. The van der Waals surface area contributed by atoms with Crippen LogP contribution in [0.4, 0.5) is 4.79 Å². The van der Waals surface area contributed by atoms with E-state index in [0.717, 1.165) is 25.2 Å². The van der Waals surface area contributed by atoms with Gasteiger partial charge < -0.3 is 15.0 Å². The highest BCUT2D eigenvalue weighted by molar-refractivity contribution is 5.67. The minimum Gasteiger partial charge on any atom is -0.453 e. The van der Waals surface area contributed by atoms with Gasteiger partial charge in [-0.25, -0.2) is 9.48 Å². The van der Waals surface area contributed by atoms with Crippen molar-refractivity contribution >= 4 is 6.09 Å². The van der Waals surface area contributed by atoms with E-state index in [1.165, 1.54) is 12.7 Å². The number of para-hydroxylation sites is 1. The van der Waals surface area contributed by atoms with E-state index in [2.05, 4.69) is 22.5 Å². The van der Waals surface area contributed by atoms with Crippen LogP contribution in [0.3, 0.4) is 0 Å². The highest BCUT2D eigenvalue weighted by Gasteiger charge is 2.26. The number of carbonyl (C=O) groups is 1. The Bertz CT molecular complexity index is 627. The fourth-order valence-corrected chi connectivity index (χ4v) is 2.77. The van der Waals surface area contributed by atoms with Gasteiger partial charge in [-0.3, -0.25) is 0 Å². The monoisotopic (exact) mass is 300 g/mol. The Balaban J connectivity index is 1.62. The summed E-state index contributed by atoms with van der Waals surface area (Å²) < 4.78 is 6.63. The van der Waals surface area contributed by atoms with Gasteiger partial charge in [0.05, 0.1) is 12.8 Å². The third kappa shape index (κ3) is 3.12. The smallest absolute Gasteiger partial charge is 0.409 e. The Hall–Kier alpha value is -2.34. The molecule has 1 amide bonds. The molecular formula is C16H20N4O2. The summed E-state index contributed by atoms with van der Waals surface area (Å²) in [5.74, 6) is 0. The molecule has 0 aliphatic carbocycles. The van der Waals surface area contributed by atoms with E-state index >= 15 is 0 Å². The summed E-state index contributed by atoms with van der Waals surface area (Å²) in [5.41, 5.74) is 2.26. The zero-order chi connectivity index (χ0) is 15.4. The maximum absolute atomic E-state index is 11.5. The average molecular weight is 300 g/mol. The van der Waals surface area contributed by atoms with Crippen LogP contribution in [-0.4, -0.2) is 47.0 Å². The maximum Gasteiger partial charge on any atom is 0.409 e. The molecule has 116 valence electrons. The van der Waals surface area contributed by atoms with Crippen LogP contribution < -0.4 is 5.32 Å². The van der Waals surface area contributed by atoms with Crippen molar-refractivity contribution in [3.8, 4) is 5.69 Å². The molecule has 0 unspecified atom stereocenters. The first kappa shape index (κ1) is 14.6. The van der Waals surface area contributed by atoms with E-state index in [0.29, 0.717) is 12.6 Å². The van der Waals surface area contributed by atoms with Gasteiger partial charge >= 0.3 is 6.09 Å². The van der Waals surface area contributed by atoms with E-state index in [9.17, 15) is 4.79 Å². The molecule has 6 nitrogen and oxygen atoms in total. The van der Waals surface area contributed by atoms with Crippen molar-refractivity contribution in [3.05, 3.63) is 48.3 Å². The summed E-state index contributed by atoms with van der Waals surface area (Å²) in [6.07, 6.45) is 4.41. The molecule has 1 atom stereocenters. The molecule has 2 aromatic rings. The molecule has 1 aromatic heterocycles. The highest BCUT2D eigenvalue weighted by Crippen LogP contribution is 2.15. The number of likely N-dealkylation sites (tertiary alicyclic amines) is 1. The first-order valence-corrected chi connectivity index (χ1v) is 7.42. The van der Waals surface area contributed by atoms with Crippen LogP contribution in [-0.2, 0) is 11.3 Å². The molecule has 0 spiro atoms. The predicted octanol–water partition coefficient (Wildman–Crippen LogP) is 1.80. The topological polar surface area (TPSA) is 59.4 Å². The lowest BCUT2D eigenvalue weighted by Crippen LogP contribution is -2.35. The summed E-state index contributed by atoms with van der Waals surface area (Å²) in [5, 5.41) is 7.81. The first-order chi connectivity index (χ1) is 10.8. The van der Waals surface area contributed by atoms with Crippen molar-refractivity contribution in [2.45, 2.75) is 19.0 Å². The fraction of sp³-hybridized carbons (Fsp3) is 0.375. The van der Waals surface area contributed by atoms with Crippen molar-refractivity contribution in [2.24, 2.45) is 0 Å². The van der Waals surface area contributed by atoms with Crippen molar-refractivity contribution in [1.82, 2.24) is 20.0 Å². The van der Waals surface area contributed by atoms with Crippen LogP contribution in [0.5, 0.6) is 0 Å². The third-order valence-corrected chi connectivity index (χ3v) is 3.95. The second kappa shape index (κ2) is 6.62. The van der Waals surface area contributed by atoms with Crippen LogP contribution in [0.1, 0.15) is 12.0 Å². The molecule has 0 bridgehead atoms. The van der Waals surface area contributed by atoms with Gasteiger partial charge in [0, 0.05) is 38.1 Å². The Morgan fingerprint density at radius 2 is 2.27 bits per heavy atom. The number of methoxy groups -OCH3 is 1. The molecule has 22 heavy (non-hydrogen) atoms. The van der Waals surface area contributed by atoms with Gasteiger partial charge in [-0.05, 0) is 24.1 Å². The Morgan fingerprint density at radius 1 is 1.41 bits per heavy atom. The number of aromatic nitrogens is 2. The fourth-order valence-electron chi connectivity index (χ4n) is 2.77. The third-order valence-electron chi connectivity index (χ3n) is 3.95. The summed E-state index contributed by atoms with van der Waals surface area (Å²) in [6, 6.07) is 10.4. The van der Waals surface area contributed by atoms with Crippen LogP contribution in [0.15, 0.2) is 42.7 Å². The van der Waals surface area contributed by atoms with E-state index in [1.807, 2.05) is 29.1 Å². The molecule has 0 radical (unpaired) electrons. The zero-order valence-corrected chi connectivity index (χ0v) is 12.6. The largest absolute Gasteiger partial charge is 0.453 e. The normalized spacial score (nSPS) is 17.7. The van der Waals surface area contributed by atoms with Crippen molar-refractivity contribution in [2.75, 3.05) is 20.2 Å². The SMILES string of the molecule is COC(=O)N1CC[C@@H](NCc2ccccc2-n2cccn2)C1. The predicted molar refractivity (Wildman–Crippen MR) is 82.8 cm³/mol. The number of amides is 1.